The molecule has 7 aliphatic heterocycles. The number of anilines is 4. The number of rotatable bonds is 22. The van der Waals surface area contributed by atoms with Crippen LogP contribution in [-0.4, -0.2) is 277 Å². The summed E-state index contributed by atoms with van der Waals surface area (Å²) < 4.78 is 25.0. The maximum absolute atomic E-state index is 12.7. The van der Waals surface area contributed by atoms with Crippen LogP contribution in [0.1, 0.15) is 66.5 Å². The lowest BCUT2D eigenvalue weighted by molar-refractivity contribution is -0.134. The molecule has 8 aromatic heterocycles. The number of thiophene rings is 3. The van der Waals surface area contributed by atoms with Gasteiger partial charge in [-0.3, -0.25) is 38.9 Å². The highest BCUT2D eigenvalue weighted by Crippen LogP contribution is 2.41. The summed E-state index contributed by atoms with van der Waals surface area (Å²) in [5, 5.41) is 29.4. The van der Waals surface area contributed by atoms with Crippen molar-refractivity contribution in [2.45, 2.75) is 77.0 Å². The van der Waals surface area contributed by atoms with E-state index in [1.54, 1.807) is 88.6 Å². The number of aryl methyl sites for hydroxylation is 1. The number of aromatic nitrogens is 10. The monoisotopic (exact) mass is 1620 g/mol. The highest BCUT2D eigenvalue weighted by Gasteiger charge is 2.35. The summed E-state index contributed by atoms with van der Waals surface area (Å²) in [5.74, 6) is 5.03. The summed E-state index contributed by atoms with van der Waals surface area (Å²) in [7, 11) is 0. The van der Waals surface area contributed by atoms with E-state index in [0.29, 0.717) is 129 Å². The van der Waals surface area contributed by atoms with Crippen LogP contribution in [0.3, 0.4) is 0 Å². The minimum absolute atomic E-state index is 0.00382. The van der Waals surface area contributed by atoms with Crippen LogP contribution in [0, 0.1) is 0 Å². The Morgan fingerprint density at radius 2 is 1.05 bits per heavy atom. The predicted octanol–water partition coefficient (Wildman–Crippen LogP) is 8.53. The molecule has 0 radical (unpaired) electrons. The zero-order valence-corrected chi connectivity index (χ0v) is 67.0. The summed E-state index contributed by atoms with van der Waals surface area (Å²) in [6.45, 7) is 23.6. The summed E-state index contributed by atoms with van der Waals surface area (Å²) >= 11 is 5.14. The summed E-state index contributed by atoms with van der Waals surface area (Å²) in [4.78, 5) is 119. The molecule has 0 unspecified atom stereocenters. The number of aromatic amines is 1. The van der Waals surface area contributed by atoms with Gasteiger partial charge in [-0.2, -0.15) is 5.10 Å². The molecule has 0 aliphatic carbocycles. The zero-order chi connectivity index (χ0) is 79.4. The van der Waals surface area contributed by atoms with Crippen molar-refractivity contribution < 1.29 is 53.1 Å². The van der Waals surface area contributed by atoms with Gasteiger partial charge in [0.25, 0.3) is 0 Å². The largest absolute Gasteiger partial charge is 0.508 e. The number of H-pyrrole nitrogens is 1. The van der Waals surface area contributed by atoms with Crippen LogP contribution in [0.25, 0.3) is 75.7 Å². The molecule has 0 bridgehead atoms. The first-order chi connectivity index (χ1) is 56.0. The van der Waals surface area contributed by atoms with E-state index < -0.39 is 5.60 Å². The topological polar surface area (TPSA) is 346 Å². The van der Waals surface area contributed by atoms with Crippen molar-refractivity contribution in [3.8, 4) is 39.9 Å². The Hall–Kier alpha value is -10.2. The number of carbonyl (C=O) groups is 5. The van der Waals surface area contributed by atoms with Gasteiger partial charge in [0, 0.05) is 187 Å². The van der Waals surface area contributed by atoms with Crippen molar-refractivity contribution in [1.82, 2.24) is 74.6 Å². The number of aliphatic hydroxyl groups is 1. The minimum Gasteiger partial charge on any atom is -0.508 e. The van der Waals surface area contributed by atoms with Gasteiger partial charge in [0.2, 0.25) is 23.7 Å². The van der Waals surface area contributed by atoms with Crippen LogP contribution in [-0.2, 0) is 62.4 Å². The summed E-state index contributed by atoms with van der Waals surface area (Å²) in [5.41, 5.74) is 12.0. The predicted molar refractivity (Wildman–Crippen MR) is 444 cm³/mol. The van der Waals surface area contributed by atoms with Crippen molar-refractivity contribution in [2.24, 2.45) is 0 Å². The molecular formula is C82H95N19O11S3. The average Bonchev–Trinajstić information content (AvgIpc) is 1.64. The fraction of sp³-hybridized carbons (Fsp3) is 0.439. The number of fused-ring (bicyclic) bond motifs is 4. The van der Waals surface area contributed by atoms with E-state index in [2.05, 4.69) is 69.4 Å². The fourth-order valence-corrected chi connectivity index (χ4v) is 18.5. The van der Waals surface area contributed by atoms with E-state index in [9.17, 15) is 34.2 Å². The number of phenols is 1. The number of nitrogens with zero attached hydrogens (tertiary/aromatic N) is 17. The van der Waals surface area contributed by atoms with Gasteiger partial charge in [-0.1, -0.05) is 36.9 Å². The van der Waals surface area contributed by atoms with Crippen molar-refractivity contribution >= 4 is 128 Å². The van der Waals surface area contributed by atoms with Gasteiger partial charge in [0.1, 0.15) is 5.75 Å². The zero-order valence-electron chi connectivity index (χ0n) is 64.5. The first-order valence-corrected chi connectivity index (χ1v) is 41.8. The molecule has 0 atom stereocenters. The Balaban J connectivity index is 0.000000136. The second-order valence-corrected chi connectivity index (χ2v) is 32.9. The third kappa shape index (κ3) is 19.8. The number of allylic oxidation sites excluding steroid dienone is 3. The second kappa shape index (κ2) is 37.2. The second-order valence-electron chi connectivity index (χ2n) is 29.5. The number of nitrogen functional groups attached to an aromatic ring is 1. The SMILES string of the molecule is C/C=C/C(=O)CCC(=O)N1CCN(Cc2cc3nc(-c4cnc(N)nc4)nc(N4CCOCC4)c3s2)CC1.C=CC(=O)N1CCC(O)(CCc2cc3nc(-c4cccc(O)c4)nc(N4CCOCC4)c3s2)CC1.O=C(C=C1COC1)CCC(=O)N1CCN(Cc2cc3nc(-c4cccc5[nH]ncc45)nc(N4CCOCC4)c3s2)CC1. The van der Waals surface area contributed by atoms with E-state index >= 15 is 0 Å². The molecule has 5 N–H and O–H groups in total. The molecule has 33 heteroatoms. The van der Waals surface area contributed by atoms with Crippen LogP contribution in [0.5, 0.6) is 5.75 Å². The number of hydrogen-bond donors (Lipinski definition) is 4. The molecule has 7 saturated heterocycles. The number of piperidine rings is 1. The Labute approximate surface area is 677 Å². The number of aromatic hydroxyl groups is 1. The number of hydrogen-bond acceptors (Lipinski definition) is 29. The molecule has 0 spiro atoms. The Morgan fingerprint density at radius 1 is 0.557 bits per heavy atom. The number of morpholine rings is 3. The van der Waals surface area contributed by atoms with Crippen LogP contribution in [0.15, 0.2) is 116 Å². The van der Waals surface area contributed by atoms with Gasteiger partial charge >= 0.3 is 0 Å². The average molecular weight is 1620 g/mol. The van der Waals surface area contributed by atoms with Gasteiger partial charge in [-0.15, -0.1) is 34.0 Å². The van der Waals surface area contributed by atoms with Gasteiger partial charge in [0.05, 0.1) is 106 Å². The molecule has 0 saturated carbocycles. The van der Waals surface area contributed by atoms with Crippen molar-refractivity contribution in [2.75, 3.05) is 178 Å². The first-order valence-electron chi connectivity index (χ1n) is 39.3. The number of ether oxygens (including phenoxy) is 4. The third-order valence-electron chi connectivity index (χ3n) is 21.6. The number of amides is 3. The lowest BCUT2D eigenvalue weighted by Crippen LogP contribution is -2.48. The fourth-order valence-electron chi connectivity index (χ4n) is 15.1. The minimum atomic E-state index is -0.778. The Bertz CT molecular complexity index is 5190. The van der Waals surface area contributed by atoms with E-state index in [1.165, 1.54) is 21.9 Å². The number of ketones is 2. The van der Waals surface area contributed by atoms with E-state index in [0.717, 1.165) is 171 Å². The molecule has 115 heavy (non-hydrogen) atoms. The number of carbonyl (C=O) groups excluding carboxylic acids is 5. The maximum atomic E-state index is 12.7. The quantitative estimate of drug-likeness (QED) is 0.0462. The van der Waals surface area contributed by atoms with Crippen LogP contribution < -0.4 is 20.4 Å². The van der Waals surface area contributed by atoms with Gasteiger partial charge < -0.3 is 64.3 Å². The molecule has 7 fully saturated rings. The number of likely N-dealkylation sites (tertiary alicyclic amines) is 1. The molecule has 15 heterocycles. The number of nitrogens with two attached hydrogens (primary N) is 1. The first kappa shape index (κ1) is 80.0. The van der Waals surface area contributed by atoms with Crippen molar-refractivity contribution in [1.29, 1.82) is 0 Å². The summed E-state index contributed by atoms with van der Waals surface area (Å²) in [6.07, 6.45) is 14.9. The smallest absolute Gasteiger partial charge is 0.245 e. The van der Waals surface area contributed by atoms with Gasteiger partial charge in [-0.05, 0) is 92.8 Å². The van der Waals surface area contributed by atoms with E-state index in [-0.39, 0.29) is 66.7 Å². The number of piperazine rings is 2. The molecule has 30 nitrogen and oxygen atoms in total. The van der Waals surface area contributed by atoms with Gasteiger partial charge in [0.15, 0.2) is 46.5 Å². The molecular weight excluding hydrogens is 1520 g/mol. The van der Waals surface area contributed by atoms with E-state index in [1.807, 2.05) is 40.3 Å². The standard InChI is InChI=1S/C30H33N7O4S.C26H32N8O3S.C26H30N4O4S/c38-21(14-20-18-41-19-20)4-5-27(39)36-8-6-35(7-9-36)17-22-15-26-28(42-22)30(37-10-12-40-13-11-37)33-29(32-26)23-2-1-3-25-24(23)16-31-34-25;1-2-3-19(35)4-5-22(36)33-8-6-32(7-9-33)17-20-14-21-23(38-20)25(34-10-12-37-13-11-34)31-24(30-21)18-15-28-26(27)29-16-18;1-2-22(32)29-10-8-26(33,9-11-29)7-6-20-17-21-23(35-20)25(30-12-14-34-15-13-30)28-24(27-21)18-4-3-5-19(31)16-18/h1-3,14-16H,4-13,17-19H2,(H,31,34);2-3,14-16H,4-13,17H2,1H3,(H2,27,28,29);2-5,16-17,31,33H,1,6-15H2/b;3-2+;. The molecule has 10 aromatic rings. The Kier molecular flexibility index (Phi) is 25.9. The molecule has 602 valence electrons. The highest BCUT2D eigenvalue weighted by molar-refractivity contribution is 7.20. The van der Waals surface area contributed by atoms with Crippen LogP contribution in [0.4, 0.5) is 23.4 Å². The van der Waals surface area contributed by atoms with E-state index in [4.69, 9.17) is 54.6 Å². The Morgan fingerprint density at radius 3 is 1.57 bits per heavy atom. The molecule has 3 amide bonds. The highest BCUT2D eigenvalue weighted by atomic mass is 32.1. The summed E-state index contributed by atoms with van der Waals surface area (Å²) in [6, 6.07) is 19.5. The number of nitrogens with one attached hydrogen (secondary N) is 1. The maximum Gasteiger partial charge on any atom is 0.245 e. The molecule has 2 aromatic carbocycles. The third-order valence-corrected chi connectivity index (χ3v) is 25.0. The normalized spacial score (nSPS) is 17.7. The van der Waals surface area contributed by atoms with Crippen LogP contribution in [0.2, 0.25) is 0 Å². The van der Waals surface area contributed by atoms with Crippen molar-refractivity contribution in [3.05, 3.63) is 130 Å². The lowest BCUT2D eigenvalue weighted by atomic mass is 9.86. The molecule has 17 rings (SSSR count). The van der Waals surface area contributed by atoms with Gasteiger partial charge in [-0.25, -0.2) is 39.9 Å². The molecule has 7 aliphatic rings. The lowest BCUT2D eigenvalue weighted by Gasteiger charge is -2.37. The number of benzene rings is 2. The number of phenolic OH excluding ortho intramolecular Hbond substituents is 1. The van der Waals surface area contributed by atoms with Crippen LogP contribution >= 0.6 is 34.0 Å². The van der Waals surface area contributed by atoms with Crippen molar-refractivity contribution in [3.63, 3.8) is 0 Å².